The first-order valence-corrected chi connectivity index (χ1v) is 14.0. The lowest BCUT2D eigenvalue weighted by Crippen LogP contribution is -2.35. The Morgan fingerprint density at radius 3 is 2.22 bits per heavy atom. The molecule has 36 heavy (non-hydrogen) atoms. The Morgan fingerprint density at radius 2 is 1.56 bits per heavy atom. The van der Waals surface area contributed by atoms with Gasteiger partial charge < -0.3 is 9.47 Å². The number of carbonyl (C=O) groups is 1. The molecule has 0 bridgehead atoms. The summed E-state index contributed by atoms with van der Waals surface area (Å²) in [6.07, 6.45) is 20.5. The second-order valence-corrected chi connectivity index (χ2v) is 11.3. The maximum absolute atomic E-state index is 14.2. The van der Waals surface area contributed by atoms with Crippen molar-refractivity contribution in [3.63, 3.8) is 0 Å². The molecule has 5 heteroatoms. The van der Waals surface area contributed by atoms with E-state index < -0.39 is 17.4 Å². The molecule has 3 saturated carbocycles. The van der Waals surface area contributed by atoms with E-state index in [1.165, 1.54) is 57.4 Å². The van der Waals surface area contributed by atoms with Crippen LogP contribution in [0.3, 0.4) is 0 Å². The summed E-state index contributed by atoms with van der Waals surface area (Å²) in [5, 5.41) is 0. The summed E-state index contributed by atoms with van der Waals surface area (Å²) < 4.78 is 38.8. The fourth-order valence-corrected chi connectivity index (χ4v) is 7.11. The van der Waals surface area contributed by atoms with Crippen LogP contribution in [0.15, 0.2) is 36.9 Å². The number of hydrogen-bond donors (Lipinski definition) is 0. The highest BCUT2D eigenvalue weighted by Gasteiger charge is 2.39. The van der Waals surface area contributed by atoms with Gasteiger partial charge in [0.15, 0.2) is 17.4 Å². The van der Waals surface area contributed by atoms with Gasteiger partial charge in [0.1, 0.15) is 12.4 Å². The number of esters is 1. The van der Waals surface area contributed by atoms with E-state index in [0.717, 1.165) is 61.5 Å². The van der Waals surface area contributed by atoms with E-state index in [9.17, 15) is 13.6 Å². The zero-order valence-corrected chi connectivity index (χ0v) is 21.7. The molecule has 3 fully saturated rings. The summed E-state index contributed by atoms with van der Waals surface area (Å²) >= 11 is 0. The van der Waals surface area contributed by atoms with Crippen molar-refractivity contribution in [2.24, 2.45) is 35.5 Å². The number of rotatable bonds is 9. The van der Waals surface area contributed by atoms with E-state index in [4.69, 9.17) is 9.47 Å². The molecule has 0 heterocycles. The number of benzene rings is 1. The monoisotopic (exact) mass is 500 g/mol. The summed E-state index contributed by atoms with van der Waals surface area (Å²) in [5.41, 5.74) is 0. The predicted octanol–water partition coefficient (Wildman–Crippen LogP) is 8.43. The van der Waals surface area contributed by atoms with E-state index in [-0.39, 0.29) is 24.2 Å². The number of ether oxygens (including phenoxy) is 2. The van der Waals surface area contributed by atoms with Crippen LogP contribution >= 0.6 is 0 Å². The molecule has 4 unspecified atom stereocenters. The molecule has 3 aliphatic carbocycles. The molecule has 1 aromatic rings. The van der Waals surface area contributed by atoms with Gasteiger partial charge in [0.25, 0.3) is 0 Å². The Kier molecular flexibility index (Phi) is 9.61. The van der Waals surface area contributed by atoms with Crippen molar-refractivity contribution in [2.75, 3.05) is 6.61 Å². The van der Waals surface area contributed by atoms with Crippen molar-refractivity contribution in [3.8, 4) is 11.5 Å². The van der Waals surface area contributed by atoms with Crippen molar-refractivity contribution in [3.05, 3.63) is 48.6 Å². The van der Waals surface area contributed by atoms with E-state index in [1.54, 1.807) is 0 Å². The van der Waals surface area contributed by atoms with Crippen molar-refractivity contribution in [1.82, 2.24) is 0 Å². The zero-order valence-electron chi connectivity index (χ0n) is 21.7. The minimum Gasteiger partial charge on any atom is -0.483 e. The summed E-state index contributed by atoms with van der Waals surface area (Å²) in [7, 11) is 0. The Hall–Kier alpha value is -2.17. The zero-order chi connectivity index (χ0) is 25.5. The van der Waals surface area contributed by atoms with Gasteiger partial charge in [0, 0.05) is 12.1 Å². The van der Waals surface area contributed by atoms with E-state index in [1.807, 2.05) is 0 Å². The Balaban J connectivity index is 1.22. The average molecular weight is 501 g/mol. The summed E-state index contributed by atoms with van der Waals surface area (Å²) in [6, 6.07) is 2.03. The van der Waals surface area contributed by atoms with Crippen LogP contribution in [-0.4, -0.2) is 12.6 Å². The van der Waals surface area contributed by atoms with Gasteiger partial charge in [-0.05, 0) is 107 Å². The normalized spacial score (nSPS) is 30.5. The van der Waals surface area contributed by atoms with Crippen LogP contribution in [-0.2, 0) is 4.79 Å². The summed E-state index contributed by atoms with van der Waals surface area (Å²) in [4.78, 5) is 12.7. The van der Waals surface area contributed by atoms with E-state index in [2.05, 4.69) is 25.7 Å². The van der Waals surface area contributed by atoms with E-state index in [0.29, 0.717) is 5.92 Å². The van der Waals surface area contributed by atoms with Crippen LogP contribution in [0.1, 0.15) is 84.0 Å². The van der Waals surface area contributed by atoms with Gasteiger partial charge in [-0.3, -0.25) is 4.79 Å². The maximum atomic E-state index is 14.2. The number of hydrogen-bond acceptors (Lipinski definition) is 3. The fraction of sp³-hybridized carbons (Fsp3) is 0.645. The summed E-state index contributed by atoms with van der Waals surface area (Å²) in [6.45, 7) is 5.57. The Bertz CT molecular complexity index is 895. The van der Waals surface area contributed by atoms with Gasteiger partial charge in [-0.2, -0.15) is 0 Å². The van der Waals surface area contributed by atoms with Gasteiger partial charge in [0.05, 0.1) is 5.92 Å². The Labute approximate surface area is 215 Å². The van der Waals surface area contributed by atoms with Gasteiger partial charge in [-0.25, -0.2) is 8.78 Å². The minimum absolute atomic E-state index is 0.00397. The first-order valence-electron chi connectivity index (χ1n) is 14.0. The lowest BCUT2D eigenvalue weighted by molar-refractivity contribution is -0.140. The molecule has 0 spiro atoms. The number of fused-ring (bicyclic) bond motifs is 1. The summed E-state index contributed by atoms with van der Waals surface area (Å²) in [5.74, 6) is 1.27. The van der Waals surface area contributed by atoms with E-state index >= 15 is 0 Å². The third kappa shape index (κ3) is 6.77. The minimum atomic E-state index is -0.884. The van der Waals surface area contributed by atoms with Crippen LogP contribution in [0.25, 0.3) is 0 Å². The van der Waals surface area contributed by atoms with Crippen molar-refractivity contribution < 1.29 is 23.0 Å². The molecule has 3 nitrogen and oxygen atoms in total. The molecule has 3 aliphatic rings. The molecule has 0 radical (unpaired) electrons. The van der Waals surface area contributed by atoms with Gasteiger partial charge in [-0.1, -0.05) is 31.2 Å². The third-order valence-corrected chi connectivity index (χ3v) is 9.05. The topological polar surface area (TPSA) is 35.5 Å². The third-order valence-electron chi connectivity index (χ3n) is 9.05. The molecule has 0 saturated heterocycles. The number of carbonyl (C=O) groups excluding carboxylic acids is 1. The first-order chi connectivity index (χ1) is 17.5. The van der Waals surface area contributed by atoms with Crippen LogP contribution < -0.4 is 9.47 Å². The van der Waals surface area contributed by atoms with Crippen LogP contribution in [0.4, 0.5) is 8.78 Å². The molecule has 0 amide bonds. The molecule has 4 rings (SSSR count). The van der Waals surface area contributed by atoms with Crippen LogP contribution in [0.2, 0.25) is 0 Å². The fourth-order valence-electron chi connectivity index (χ4n) is 7.11. The van der Waals surface area contributed by atoms with Gasteiger partial charge >= 0.3 is 5.97 Å². The van der Waals surface area contributed by atoms with Gasteiger partial charge in [-0.15, -0.1) is 0 Å². The van der Waals surface area contributed by atoms with Gasteiger partial charge in [0.2, 0.25) is 0 Å². The standard InChI is InChI=1S/C31H42F2O3/c1-3-5-6-7-21-8-9-26-18-25(15-14-24(26)17-21)22-10-12-23(13-11-22)31(34)36-27-19-28(32)30(29(33)20-27)35-16-4-2/h3-5,19-26H,2,6-18H2,1H3/b5-3+. The number of allylic oxidation sites excluding steroid dienone is 2. The molecule has 198 valence electrons. The molecule has 0 aromatic heterocycles. The second-order valence-electron chi connectivity index (χ2n) is 11.3. The lowest BCUT2D eigenvalue weighted by atomic mass is 9.60. The SMILES string of the molecule is C=CCOc1c(F)cc(OC(=O)C2CCC(C3CCC4CC(CC/C=C/C)CCC4C3)CC2)cc1F. The highest BCUT2D eigenvalue weighted by atomic mass is 19.1. The molecule has 0 aliphatic heterocycles. The molecule has 1 aromatic carbocycles. The van der Waals surface area contributed by atoms with Crippen molar-refractivity contribution in [2.45, 2.75) is 84.0 Å². The number of halogens is 2. The largest absolute Gasteiger partial charge is 0.483 e. The highest BCUT2D eigenvalue weighted by molar-refractivity contribution is 5.75. The molecule has 4 atom stereocenters. The highest BCUT2D eigenvalue weighted by Crippen LogP contribution is 2.49. The van der Waals surface area contributed by atoms with Crippen LogP contribution in [0.5, 0.6) is 11.5 Å². The van der Waals surface area contributed by atoms with Crippen LogP contribution in [0, 0.1) is 47.1 Å². The maximum Gasteiger partial charge on any atom is 0.314 e. The van der Waals surface area contributed by atoms with Crippen molar-refractivity contribution in [1.29, 1.82) is 0 Å². The lowest BCUT2D eigenvalue weighted by Gasteiger charge is -2.45. The average Bonchev–Trinajstić information content (AvgIpc) is 2.88. The smallest absolute Gasteiger partial charge is 0.314 e. The molecule has 0 N–H and O–H groups in total. The van der Waals surface area contributed by atoms with Crippen molar-refractivity contribution >= 4 is 5.97 Å². The Morgan fingerprint density at radius 1 is 0.944 bits per heavy atom. The molecular weight excluding hydrogens is 458 g/mol. The quantitative estimate of drug-likeness (QED) is 0.194. The predicted molar refractivity (Wildman–Crippen MR) is 139 cm³/mol. The first kappa shape index (κ1) is 26.9. The second kappa shape index (κ2) is 12.9. The molecular formula is C31H42F2O3.